The van der Waals surface area contributed by atoms with Gasteiger partial charge in [0.2, 0.25) is 11.8 Å². The average Bonchev–Trinajstić information content (AvgIpc) is 3.25. The number of rotatable bonds is 8. The second kappa shape index (κ2) is 11.0. The van der Waals surface area contributed by atoms with Gasteiger partial charge in [0.1, 0.15) is 11.9 Å². The Bertz CT molecular complexity index is 932. The number of hydrogen-bond acceptors (Lipinski definition) is 2. The summed E-state index contributed by atoms with van der Waals surface area (Å²) in [6, 6.07) is 10.8. The van der Waals surface area contributed by atoms with Gasteiger partial charge in [-0.3, -0.25) is 9.59 Å². The topological polar surface area (TPSA) is 49.4 Å². The molecule has 1 unspecified atom stereocenters. The summed E-state index contributed by atoms with van der Waals surface area (Å²) in [6.07, 6.45) is 4.43. The number of carbonyl (C=O) groups is 2. The van der Waals surface area contributed by atoms with Gasteiger partial charge < -0.3 is 10.2 Å². The molecule has 1 fully saturated rings. The molecule has 0 spiro atoms. The van der Waals surface area contributed by atoms with E-state index in [4.69, 9.17) is 23.2 Å². The summed E-state index contributed by atoms with van der Waals surface area (Å²) in [6.45, 7) is 2.05. The molecule has 31 heavy (non-hydrogen) atoms. The highest BCUT2D eigenvalue weighted by Gasteiger charge is 2.31. The highest BCUT2D eigenvalue weighted by atomic mass is 35.5. The van der Waals surface area contributed by atoms with Crippen molar-refractivity contribution in [1.29, 1.82) is 0 Å². The predicted octanol–water partition coefficient (Wildman–Crippen LogP) is 5.54. The van der Waals surface area contributed by atoms with E-state index in [1.807, 2.05) is 6.92 Å². The van der Waals surface area contributed by atoms with Crippen LogP contribution in [0.5, 0.6) is 0 Å². The standard InChI is InChI=1S/C24H27Cl2FN2O2/c1-2-22(24(31)28-18-8-4-5-9-18)29(15-16-11-12-19(25)20(26)13-16)23(30)14-17-7-3-6-10-21(17)27/h3,6-7,10-13,18,22H,2,4-5,8-9,14-15H2,1H3,(H,28,31). The fourth-order valence-electron chi connectivity index (χ4n) is 4.03. The normalized spacial score (nSPS) is 15.0. The third-order valence-corrected chi connectivity index (χ3v) is 6.46. The Morgan fingerprint density at radius 1 is 1.13 bits per heavy atom. The second-order valence-corrected chi connectivity index (χ2v) is 8.77. The largest absolute Gasteiger partial charge is 0.352 e. The van der Waals surface area contributed by atoms with Crippen LogP contribution in [0.1, 0.15) is 50.2 Å². The van der Waals surface area contributed by atoms with Crippen LogP contribution >= 0.6 is 23.2 Å². The molecule has 1 atom stereocenters. The molecule has 2 amide bonds. The summed E-state index contributed by atoms with van der Waals surface area (Å²) in [4.78, 5) is 27.9. The lowest BCUT2D eigenvalue weighted by Gasteiger charge is -2.31. The van der Waals surface area contributed by atoms with Crippen molar-refractivity contribution in [2.24, 2.45) is 0 Å². The zero-order valence-electron chi connectivity index (χ0n) is 17.5. The Morgan fingerprint density at radius 2 is 1.84 bits per heavy atom. The maximum atomic E-state index is 14.2. The number of nitrogens with zero attached hydrogens (tertiary/aromatic N) is 1. The molecule has 1 saturated carbocycles. The van der Waals surface area contributed by atoms with Gasteiger partial charge in [0.15, 0.2) is 0 Å². The number of halogens is 3. The van der Waals surface area contributed by atoms with Crippen LogP contribution in [0, 0.1) is 5.82 Å². The lowest BCUT2D eigenvalue weighted by atomic mass is 10.1. The van der Waals surface area contributed by atoms with Crippen LogP contribution in [0.15, 0.2) is 42.5 Å². The summed E-state index contributed by atoms with van der Waals surface area (Å²) in [5, 5.41) is 3.89. The molecule has 0 aliphatic heterocycles. The molecule has 0 saturated heterocycles. The summed E-state index contributed by atoms with van der Waals surface area (Å²) in [7, 11) is 0. The van der Waals surface area contributed by atoms with E-state index in [1.54, 1.807) is 36.4 Å². The van der Waals surface area contributed by atoms with Crippen LogP contribution in [-0.2, 0) is 22.6 Å². The predicted molar refractivity (Wildman–Crippen MR) is 122 cm³/mol. The first-order valence-electron chi connectivity index (χ1n) is 10.7. The first-order valence-corrected chi connectivity index (χ1v) is 11.4. The smallest absolute Gasteiger partial charge is 0.243 e. The quantitative estimate of drug-likeness (QED) is 0.557. The third kappa shape index (κ3) is 6.20. The first-order chi connectivity index (χ1) is 14.9. The van der Waals surface area contributed by atoms with Gasteiger partial charge in [0.05, 0.1) is 16.5 Å². The van der Waals surface area contributed by atoms with Crippen LogP contribution in [-0.4, -0.2) is 28.8 Å². The zero-order valence-corrected chi connectivity index (χ0v) is 19.1. The van der Waals surface area contributed by atoms with E-state index in [2.05, 4.69) is 5.32 Å². The lowest BCUT2D eigenvalue weighted by Crippen LogP contribution is -2.51. The minimum Gasteiger partial charge on any atom is -0.352 e. The molecule has 0 radical (unpaired) electrons. The van der Waals surface area contributed by atoms with E-state index in [-0.39, 0.29) is 30.8 Å². The van der Waals surface area contributed by atoms with Crippen LogP contribution in [0.3, 0.4) is 0 Å². The van der Waals surface area contributed by atoms with E-state index in [1.165, 1.54) is 11.0 Å². The summed E-state index contributed by atoms with van der Waals surface area (Å²) in [5.41, 5.74) is 1.06. The minimum absolute atomic E-state index is 0.124. The van der Waals surface area contributed by atoms with Crippen molar-refractivity contribution < 1.29 is 14.0 Å². The zero-order chi connectivity index (χ0) is 22.4. The molecule has 1 N–H and O–H groups in total. The summed E-state index contributed by atoms with van der Waals surface area (Å²) < 4.78 is 14.2. The van der Waals surface area contributed by atoms with Crippen molar-refractivity contribution in [3.05, 3.63) is 69.5 Å². The Morgan fingerprint density at radius 3 is 2.48 bits per heavy atom. The van der Waals surface area contributed by atoms with Gasteiger partial charge >= 0.3 is 0 Å². The van der Waals surface area contributed by atoms with Crippen molar-refractivity contribution in [1.82, 2.24) is 10.2 Å². The van der Waals surface area contributed by atoms with E-state index in [0.717, 1.165) is 31.2 Å². The SMILES string of the molecule is CCC(C(=O)NC1CCCC1)N(Cc1ccc(Cl)c(Cl)c1)C(=O)Cc1ccccc1F. The van der Waals surface area contributed by atoms with Crippen molar-refractivity contribution in [3.63, 3.8) is 0 Å². The van der Waals surface area contributed by atoms with Crippen molar-refractivity contribution in [3.8, 4) is 0 Å². The molecule has 0 bridgehead atoms. The van der Waals surface area contributed by atoms with Gasteiger partial charge in [-0.15, -0.1) is 0 Å². The summed E-state index contributed by atoms with van der Waals surface area (Å²) >= 11 is 12.2. The van der Waals surface area contributed by atoms with Gasteiger partial charge in [-0.1, -0.05) is 67.2 Å². The highest BCUT2D eigenvalue weighted by Crippen LogP contribution is 2.25. The fourth-order valence-corrected chi connectivity index (χ4v) is 4.35. The lowest BCUT2D eigenvalue weighted by molar-refractivity contribution is -0.141. The number of carbonyl (C=O) groups excluding carboxylic acids is 2. The first kappa shape index (κ1) is 23.6. The Labute approximate surface area is 192 Å². The minimum atomic E-state index is -0.658. The second-order valence-electron chi connectivity index (χ2n) is 7.95. The number of amides is 2. The van der Waals surface area contributed by atoms with Crippen LogP contribution in [0.4, 0.5) is 4.39 Å². The molecule has 2 aromatic rings. The van der Waals surface area contributed by atoms with E-state index in [9.17, 15) is 14.0 Å². The summed E-state index contributed by atoms with van der Waals surface area (Å²) in [5.74, 6) is -0.922. The van der Waals surface area contributed by atoms with Crippen LogP contribution in [0.2, 0.25) is 10.0 Å². The Kier molecular flexibility index (Phi) is 8.33. The highest BCUT2D eigenvalue weighted by molar-refractivity contribution is 6.42. The maximum absolute atomic E-state index is 14.2. The molecule has 0 heterocycles. The van der Waals surface area contributed by atoms with Gasteiger partial charge in [-0.2, -0.15) is 0 Å². The van der Waals surface area contributed by atoms with Crippen molar-refractivity contribution >= 4 is 35.0 Å². The molecule has 7 heteroatoms. The molecule has 1 aliphatic rings. The molecule has 4 nitrogen and oxygen atoms in total. The number of nitrogens with one attached hydrogen (secondary N) is 1. The van der Waals surface area contributed by atoms with Gasteiger partial charge in [-0.25, -0.2) is 4.39 Å². The Hall–Kier alpha value is -2.11. The average molecular weight is 465 g/mol. The maximum Gasteiger partial charge on any atom is 0.243 e. The molecule has 1 aliphatic carbocycles. The number of hydrogen-bond donors (Lipinski definition) is 1. The fraction of sp³-hybridized carbons (Fsp3) is 0.417. The van der Waals surface area contributed by atoms with E-state index in [0.29, 0.717) is 22.0 Å². The Balaban J connectivity index is 1.85. The van der Waals surface area contributed by atoms with Crippen molar-refractivity contribution in [2.45, 2.75) is 64.1 Å². The van der Waals surface area contributed by atoms with Gasteiger partial charge in [0, 0.05) is 12.6 Å². The van der Waals surface area contributed by atoms with Gasteiger partial charge in [0.25, 0.3) is 0 Å². The number of benzene rings is 2. The molecular formula is C24H27Cl2FN2O2. The monoisotopic (exact) mass is 464 g/mol. The van der Waals surface area contributed by atoms with E-state index < -0.39 is 11.9 Å². The van der Waals surface area contributed by atoms with Crippen LogP contribution in [0.25, 0.3) is 0 Å². The molecule has 166 valence electrons. The van der Waals surface area contributed by atoms with E-state index >= 15 is 0 Å². The molecule has 3 rings (SSSR count). The van der Waals surface area contributed by atoms with Gasteiger partial charge in [-0.05, 0) is 48.6 Å². The van der Waals surface area contributed by atoms with Crippen LogP contribution < -0.4 is 5.32 Å². The third-order valence-electron chi connectivity index (χ3n) is 5.72. The molecule has 2 aromatic carbocycles. The molecular weight excluding hydrogens is 438 g/mol. The van der Waals surface area contributed by atoms with Crippen molar-refractivity contribution in [2.75, 3.05) is 0 Å². The molecule has 0 aromatic heterocycles.